The van der Waals surface area contributed by atoms with Gasteiger partial charge in [-0.05, 0) is 24.6 Å². The second kappa shape index (κ2) is 6.14. The Morgan fingerprint density at radius 3 is 2.61 bits per heavy atom. The highest BCUT2D eigenvalue weighted by molar-refractivity contribution is 7.17. The summed E-state index contributed by atoms with van der Waals surface area (Å²) < 4.78 is 0. The highest BCUT2D eigenvalue weighted by atomic mass is 32.1. The van der Waals surface area contributed by atoms with Crippen LogP contribution >= 0.6 is 11.3 Å². The van der Waals surface area contributed by atoms with E-state index in [1.54, 1.807) is 12.1 Å². The fraction of sp³-hybridized carbons (Fsp3) is 0.294. The first kappa shape index (κ1) is 15.7. The lowest BCUT2D eigenvalue weighted by Crippen LogP contribution is -3.08. The van der Waals surface area contributed by atoms with Gasteiger partial charge in [0.15, 0.2) is 0 Å². The highest BCUT2D eigenvalue weighted by Gasteiger charge is 2.26. The smallest absolute Gasteiger partial charge is 0.256 e. The molecule has 0 aliphatic carbocycles. The molecule has 0 saturated heterocycles. The van der Waals surface area contributed by atoms with Gasteiger partial charge >= 0.3 is 0 Å². The second-order valence-corrected chi connectivity index (χ2v) is 7.05. The molecule has 5 nitrogen and oxygen atoms in total. The number of fused-ring (bicyclic) bond motifs is 1. The van der Waals surface area contributed by atoms with E-state index in [0.29, 0.717) is 17.0 Å². The van der Waals surface area contributed by atoms with E-state index in [1.807, 2.05) is 19.1 Å². The predicted molar refractivity (Wildman–Crippen MR) is 86.9 cm³/mol. The monoisotopic (exact) mass is 330 g/mol. The van der Waals surface area contributed by atoms with E-state index in [9.17, 15) is 14.7 Å². The SMILES string of the molecule is Cc1ccc(C(=O)Nc2sc3c(c2C(=O)[O-])CC[NH+](C)C3)cc1. The van der Waals surface area contributed by atoms with Crippen molar-refractivity contribution >= 4 is 28.2 Å². The standard InChI is InChI=1S/C17H18N2O3S/c1-10-3-5-11(6-4-10)15(20)18-16-14(17(21)22)12-7-8-19(2)9-13(12)23-16/h3-6H,7-9H2,1-2H3,(H,18,20)(H,21,22). The van der Waals surface area contributed by atoms with E-state index in [2.05, 4.69) is 12.4 Å². The predicted octanol–water partition coefficient (Wildman–Crippen LogP) is 0.243. The average Bonchev–Trinajstić information content (AvgIpc) is 2.84. The van der Waals surface area contributed by atoms with Crippen LogP contribution in [0.2, 0.25) is 0 Å². The summed E-state index contributed by atoms with van der Waals surface area (Å²) in [6.07, 6.45) is 0.696. The van der Waals surface area contributed by atoms with Gasteiger partial charge in [-0.1, -0.05) is 17.7 Å². The summed E-state index contributed by atoms with van der Waals surface area (Å²) in [4.78, 5) is 26.2. The number of hydrogen-bond donors (Lipinski definition) is 2. The Kier molecular flexibility index (Phi) is 4.19. The summed E-state index contributed by atoms with van der Waals surface area (Å²) in [6, 6.07) is 7.17. The normalized spacial score (nSPS) is 16.7. The number of likely N-dealkylation sites (N-methyl/N-ethyl adjacent to an activating group) is 1. The number of anilines is 1. The number of carboxylic acid groups (broad SMARTS) is 1. The van der Waals surface area contributed by atoms with E-state index in [0.717, 1.165) is 29.1 Å². The maximum Gasteiger partial charge on any atom is 0.256 e. The number of nitrogens with one attached hydrogen (secondary N) is 2. The quantitative estimate of drug-likeness (QED) is 0.847. The van der Waals surface area contributed by atoms with Gasteiger partial charge in [0, 0.05) is 17.5 Å². The molecule has 120 valence electrons. The molecule has 1 unspecified atom stereocenters. The Balaban J connectivity index is 1.92. The van der Waals surface area contributed by atoms with Crippen LogP contribution in [0.4, 0.5) is 5.00 Å². The van der Waals surface area contributed by atoms with E-state index in [-0.39, 0.29) is 11.5 Å². The molecule has 0 radical (unpaired) electrons. The Labute approximate surface area is 138 Å². The molecule has 2 aromatic rings. The molecule has 0 spiro atoms. The summed E-state index contributed by atoms with van der Waals surface area (Å²) in [5.41, 5.74) is 2.54. The number of quaternary nitrogens is 1. The topological polar surface area (TPSA) is 73.7 Å². The number of rotatable bonds is 3. The van der Waals surface area contributed by atoms with Crippen LogP contribution in [0.15, 0.2) is 24.3 Å². The van der Waals surface area contributed by atoms with Gasteiger partial charge in [-0.25, -0.2) is 0 Å². The molecular formula is C17H18N2O3S. The van der Waals surface area contributed by atoms with Gasteiger partial charge in [0.25, 0.3) is 5.91 Å². The Bertz CT molecular complexity index is 765. The third-order valence-electron chi connectivity index (χ3n) is 4.10. The maximum absolute atomic E-state index is 12.4. The molecule has 1 aromatic heterocycles. The molecule has 2 N–H and O–H groups in total. The molecule has 6 heteroatoms. The number of benzene rings is 1. The molecule has 0 fully saturated rings. The molecule has 1 amide bonds. The van der Waals surface area contributed by atoms with Crippen LogP contribution in [0.3, 0.4) is 0 Å². The molecule has 1 aromatic carbocycles. The Morgan fingerprint density at radius 1 is 1.26 bits per heavy atom. The largest absolute Gasteiger partial charge is 0.545 e. The molecular weight excluding hydrogens is 312 g/mol. The van der Waals surface area contributed by atoms with Crippen molar-refractivity contribution in [3.8, 4) is 0 Å². The molecule has 0 bridgehead atoms. The van der Waals surface area contributed by atoms with E-state index in [4.69, 9.17) is 0 Å². The lowest BCUT2D eigenvalue weighted by atomic mass is 10.0. The van der Waals surface area contributed by atoms with Gasteiger partial charge in [0.2, 0.25) is 0 Å². The van der Waals surface area contributed by atoms with Gasteiger partial charge in [-0.2, -0.15) is 0 Å². The summed E-state index contributed by atoms with van der Waals surface area (Å²) in [6.45, 7) is 3.61. The minimum absolute atomic E-state index is 0.151. The Hall–Kier alpha value is -2.18. The van der Waals surface area contributed by atoms with Crippen molar-refractivity contribution in [2.75, 3.05) is 18.9 Å². The molecule has 1 atom stereocenters. The first-order valence-electron chi connectivity index (χ1n) is 7.51. The minimum atomic E-state index is -1.22. The average molecular weight is 330 g/mol. The van der Waals surface area contributed by atoms with E-state index >= 15 is 0 Å². The lowest BCUT2D eigenvalue weighted by Gasteiger charge is -2.20. The second-order valence-electron chi connectivity index (χ2n) is 5.95. The van der Waals surface area contributed by atoms with E-state index < -0.39 is 5.97 Å². The van der Waals surface area contributed by atoms with Gasteiger partial charge in [-0.3, -0.25) is 4.79 Å². The molecule has 23 heavy (non-hydrogen) atoms. The van der Waals surface area contributed by atoms with Crippen LogP contribution in [-0.4, -0.2) is 25.5 Å². The van der Waals surface area contributed by atoms with Crippen LogP contribution in [0.5, 0.6) is 0 Å². The van der Waals surface area contributed by atoms with Crippen LogP contribution in [0, 0.1) is 6.92 Å². The lowest BCUT2D eigenvalue weighted by molar-refractivity contribution is -0.895. The molecule has 2 heterocycles. The third-order valence-corrected chi connectivity index (χ3v) is 5.25. The number of carbonyl (C=O) groups excluding carboxylic acids is 2. The number of thiophene rings is 1. The number of hydrogen-bond acceptors (Lipinski definition) is 4. The first-order valence-corrected chi connectivity index (χ1v) is 8.32. The minimum Gasteiger partial charge on any atom is -0.545 e. The van der Waals surface area contributed by atoms with Crippen LogP contribution in [0.1, 0.15) is 36.7 Å². The van der Waals surface area contributed by atoms with Crippen LogP contribution in [0.25, 0.3) is 0 Å². The number of carbonyl (C=O) groups is 2. The van der Waals surface area contributed by atoms with Crippen LogP contribution < -0.4 is 15.3 Å². The Morgan fingerprint density at radius 2 is 1.96 bits per heavy atom. The van der Waals surface area contributed by atoms with Crippen molar-refractivity contribution in [1.82, 2.24) is 0 Å². The number of amides is 1. The van der Waals surface area contributed by atoms with E-state index in [1.165, 1.54) is 16.2 Å². The third kappa shape index (κ3) is 3.13. The summed E-state index contributed by atoms with van der Waals surface area (Å²) >= 11 is 1.35. The van der Waals surface area contributed by atoms with Crippen molar-refractivity contribution in [1.29, 1.82) is 0 Å². The summed E-state index contributed by atoms with van der Waals surface area (Å²) in [5.74, 6) is -1.52. The molecule has 3 rings (SSSR count). The first-order chi connectivity index (χ1) is 11.0. The van der Waals surface area contributed by atoms with Crippen molar-refractivity contribution in [2.45, 2.75) is 19.9 Å². The number of carboxylic acids is 1. The van der Waals surface area contributed by atoms with Gasteiger partial charge in [-0.15, -0.1) is 11.3 Å². The summed E-state index contributed by atoms with van der Waals surface area (Å²) in [7, 11) is 2.08. The molecule has 1 aliphatic rings. The number of aromatic carboxylic acids is 1. The van der Waals surface area contributed by atoms with Gasteiger partial charge in [0.05, 0.1) is 24.4 Å². The molecule has 1 aliphatic heterocycles. The fourth-order valence-corrected chi connectivity index (χ4v) is 4.15. The van der Waals surface area contributed by atoms with Crippen molar-refractivity contribution in [3.63, 3.8) is 0 Å². The van der Waals surface area contributed by atoms with Crippen molar-refractivity contribution in [3.05, 3.63) is 51.4 Å². The fourth-order valence-electron chi connectivity index (χ4n) is 2.80. The van der Waals surface area contributed by atoms with Gasteiger partial charge < -0.3 is 20.1 Å². The van der Waals surface area contributed by atoms with Crippen LogP contribution in [-0.2, 0) is 13.0 Å². The highest BCUT2D eigenvalue weighted by Crippen LogP contribution is 2.34. The summed E-state index contributed by atoms with van der Waals surface area (Å²) in [5, 5.41) is 14.7. The zero-order valence-corrected chi connectivity index (χ0v) is 13.9. The number of aryl methyl sites for hydroxylation is 1. The zero-order valence-electron chi connectivity index (χ0n) is 13.1. The van der Waals surface area contributed by atoms with Crippen molar-refractivity contribution < 1.29 is 19.6 Å². The van der Waals surface area contributed by atoms with Gasteiger partial charge in [0.1, 0.15) is 11.5 Å². The van der Waals surface area contributed by atoms with Crippen molar-refractivity contribution in [2.24, 2.45) is 0 Å². The molecule has 0 saturated carbocycles. The maximum atomic E-state index is 12.4. The zero-order chi connectivity index (χ0) is 16.6.